The Morgan fingerprint density at radius 3 is 2.17 bits per heavy atom. The molecule has 1 aliphatic heterocycles. The number of hydrogen-bond acceptors (Lipinski definition) is 6. The molecular formula is C34H45Cl2N3O3. The van der Waals surface area contributed by atoms with Crippen molar-refractivity contribution < 1.29 is 14.3 Å². The number of ether oxygens (including phenoxy) is 2. The van der Waals surface area contributed by atoms with E-state index in [9.17, 15) is 4.79 Å². The van der Waals surface area contributed by atoms with Crippen molar-refractivity contribution >= 4 is 35.7 Å². The van der Waals surface area contributed by atoms with Crippen LogP contribution in [0.5, 0.6) is 0 Å². The Bertz CT molecular complexity index is 1190. The summed E-state index contributed by atoms with van der Waals surface area (Å²) in [5, 5.41) is 1.46. The number of hydrogen-bond donors (Lipinski definition) is 0. The van der Waals surface area contributed by atoms with E-state index in [0.717, 1.165) is 55.5 Å². The summed E-state index contributed by atoms with van der Waals surface area (Å²) >= 11 is 12.4. The van der Waals surface area contributed by atoms with Crippen LogP contribution in [0, 0.1) is 11.8 Å². The standard InChI is InChI=1S/C34H45Cl2N3O3/c1-38(2)32(27-15-19-29(36)20-16-27)26-13-9-24(10-14-26)21-31-34(42-33(40)41-3,22-25-11-17-28(35)18-12-25)37-23-39(31)30-7-5-4-6-8-30/h11-12,15-20,23-24,26,30-32H,4-10,13-14,21-22H2,1-3H3. The molecule has 2 saturated carbocycles. The molecule has 3 aliphatic rings. The third kappa shape index (κ3) is 7.26. The Hall–Kier alpha value is -2.28. The molecule has 42 heavy (non-hydrogen) atoms. The highest BCUT2D eigenvalue weighted by molar-refractivity contribution is 6.30. The number of halogens is 2. The minimum Gasteiger partial charge on any atom is -0.438 e. The van der Waals surface area contributed by atoms with E-state index in [0.29, 0.717) is 35.4 Å². The van der Waals surface area contributed by atoms with Gasteiger partial charge in [0.05, 0.1) is 19.5 Å². The molecule has 8 heteroatoms. The van der Waals surface area contributed by atoms with E-state index in [1.54, 1.807) is 0 Å². The Balaban J connectivity index is 1.37. The lowest BCUT2D eigenvalue weighted by Crippen LogP contribution is -2.54. The van der Waals surface area contributed by atoms with Crippen LogP contribution in [0.2, 0.25) is 10.0 Å². The summed E-state index contributed by atoms with van der Waals surface area (Å²) < 4.78 is 11.2. The third-order valence-corrected chi connectivity index (χ3v) is 10.3. The molecule has 3 atom stereocenters. The molecule has 0 aromatic heterocycles. The van der Waals surface area contributed by atoms with Gasteiger partial charge in [0.25, 0.3) is 0 Å². The fraction of sp³-hybridized carbons (Fsp3) is 0.588. The molecule has 228 valence electrons. The highest BCUT2D eigenvalue weighted by atomic mass is 35.5. The monoisotopic (exact) mass is 613 g/mol. The lowest BCUT2D eigenvalue weighted by atomic mass is 9.73. The molecule has 3 unspecified atom stereocenters. The maximum Gasteiger partial charge on any atom is 0.510 e. The Morgan fingerprint density at radius 1 is 0.952 bits per heavy atom. The summed E-state index contributed by atoms with van der Waals surface area (Å²) in [7, 11) is 5.73. The van der Waals surface area contributed by atoms with Gasteiger partial charge < -0.3 is 19.3 Å². The lowest BCUT2D eigenvalue weighted by molar-refractivity contribution is -0.0636. The van der Waals surface area contributed by atoms with Crippen molar-refractivity contribution in [1.82, 2.24) is 9.80 Å². The fourth-order valence-corrected chi connectivity index (χ4v) is 7.93. The van der Waals surface area contributed by atoms with Gasteiger partial charge in [0.15, 0.2) is 0 Å². The van der Waals surface area contributed by atoms with Crippen LogP contribution in [0.25, 0.3) is 0 Å². The van der Waals surface area contributed by atoms with E-state index in [4.69, 9.17) is 37.7 Å². The maximum atomic E-state index is 12.7. The van der Waals surface area contributed by atoms with Crippen LogP contribution in [0.15, 0.2) is 53.5 Å². The van der Waals surface area contributed by atoms with Gasteiger partial charge in [-0.15, -0.1) is 0 Å². The minimum atomic E-state index is -1.04. The zero-order valence-electron chi connectivity index (χ0n) is 25.2. The molecule has 0 spiro atoms. The number of aliphatic imine (C=N–C) groups is 1. The summed E-state index contributed by atoms with van der Waals surface area (Å²) in [6.07, 6.45) is 13.4. The highest BCUT2D eigenvalue weighted by Crippen LogP contribution is 2.45. The van der Waals surface area contributed by atoms with E-state index in [2.05, 4.69) is 36.0 Å². The molecule has 1 heterocycles. The van der Waals surface area contributed by atoms with Crippen molar-refractivity contribution in [3.05, 3.63) is 69.7 Å². The number of benzene rings is 2. The molecular weight excluding hydrogens is 569 g/mol. The van der Waals surface area contributed by atoms with E-state index >= 15 is 0 Å². The van der Waals surface area contributed by atoms with Gasteiger partial charge >= 0.3 is 6.16 Å². The third-order valence-electron chi connectivity index (χ3n) is 9.75. The first kappa shape index (κ1) is 31.2. The number of carbonyl (C=O) groups is 1. The number of carbonyl (C=O) groups excluding carboxylic acids is 1. The van der Waals surface area contributed by atoms with Crippen LogP contribution < -0.4 is 0 Å². The summed E-state index contributed by atoms with van der Waals surface area (Å²) in [6, 6.07) is 16.9. The second kappa shape index (κ2) is 14.0. The molecule has 0 N–H and O–H groups in total. The normalized spacial score (nSPS) is 27.3. The fourth-order valence-electron chi connectivity index (χ4n) is 7.68. The van der Waals surface area contributed by atoms with Gasteiger partial charge in [-0.2, -0.15) is 0 Å². The minimum absolute atomic E-state index is 0.0437. The smallest absolute Gasteiger partial charge is 0.438 e. The molecule has 0 amide bonds. The van der Waals surface area contributed by atoms with Gasteiger partial charge in [-0.3, -0.25) is 0 Å². The quantitative estimate of drug-likeness (QED) is 0.265. The summed E-state index contributed by atoms with van der Waals surface area (Å²) in [6.45, 7) is 0. The molecule has 0 radical (unpaired) electrons. The van der Waals surface area contributed by atoms with Gasteiger partial charge in [0.2, 0.25) is 5.72 Å². The number of methoxy groups -OCH3 is 1. The largest absolute Gasteiger partial charge is 0.510 e. The summed E-state index contributed by atoms with van der Waals surface area (Å²) in [5.74, 6) is 1.11. The van der Waals surface area contributed by atoms with Crippen molar-refractivity contribution in [2.75, 3.05) is 21.2 Å². The van der Waals surface area contributed by atoms with E-state index in [1.807, 2.05) is 42.7 Å². The van der Waals surface area contributed by atoms with Crippen molar-refractivity contribution in [1.29, 1.82) is 0 Å². The second-order valence-electron chi connectivity index (χ2n) is 12.7. The average Bonchev–Trinajstić information content (AvgIpc) is 3.33. The average molecular weight is 615 g/mol. The van der Waals surface area contributed by atoms with Crippen LogP contribution in [-0.4, -0.2) is 61.3 Å². The molecule has 0 saturated heterocycles. The Morgan fingerprint density at radius 2 is 1.57 bits per heavy atom. The molecule has 5 rings (SSSR count). The Kier molecular flexibility index (Phi) is 10.4. The van der Waals surface area contributed by atoms with Crippen molar-refractivity contribution in [3.8, 4) is 0 Å². The van der Waals surface area contributed by atoms with Gasteiger partial charge in [0.1, 0.15) is 0 Å². The van der Waals surface area contributed by atoms with Gasteiger partial charge in [-0.05, 0) is 93.4 Å². The zero-order valence-corrected chi connectivity index (χ0v) is 26.7. The summed E-state index contributed by atoms with van der Waals surface area (Å²) in [5.41, 5.74) is 1.33. The second-order valence-corrected chi connectivity index (χ2v) is 13.6. The summed E-state index contributed by atoms with van der Waals surface area (Å²) in [4.78, 5) is 22.5. The van der Waals surface area contributed by atoms with Gasteiger partial charge in [-0.1, -0.05) is 79.6 Å². The van der Waals surface area contributed by atoms with Crippen LogP contribution in [0.4, 0.5) is 4.79 Å². The van der Waals surface area contributed by atoms with Crippen molar-refractivity contribution in [2.45, 2.75) is 94.5 Å². The topological polar surface area (TPSA) is 54.4 Å². The first-order valence-corrected chi connectivity index (χ1v) is 16.3. The molecule has 2 aromatic carbocycles. The van der Waals surface area contributed by atoms with Crippen LogP contribution in [-0.2, 0) is 15.9 Å². The van der Waals surface area contributed by atoms with Crippen LogP contribution >= 0.6 is 23.2 Å². The predicted octanol–water partition coefficient (Wildman–Crippen LogP) is 8.56. The lowest BCUT2D eigenvalue weighted by Gasteiger charge is -2.44. The van der Waals surface area contributed by atoms with E-state index < -0.39 is 11.9 Å². The van der Waals surface area contributed by atoms with Crippen LogP contribution in [0.3, 0.4) is 0 Å². The van der Waals surface area contributed by atoms with E-state index in [1.165, 1.54) is 31.9 Å². The first-order valence-electron chi connectivity index (χ1n) is 15.5. The first-order chi connectivity index (χ1) is 20.3. The SMILES string of the molecule is COC(=O)OC1(Cc2ccc(Cl)cc2)N=CN(C2CCCCC2)C1CC1CCC(C(c2ccc(Cl)cc2)N(C)C)CC1. The molecule has 6 nitrogen and oxygen atoms in total. The van der Waals surface area contributed by atoms with Crippen LogP contribution in [0.1, 0.15) is 81.4 Å². The van der Waals surface area contributed by atoms with Crippen molar-refractivity contribution in [2.24, 2.45) is 16.8 Å². The van der Waals surface area contributed by atoms with Gasteiger partial charge in [0, 0.05) is 28.5 Å². The van der Waals surface area contributed by atoms with Gasteiger partial charge in [-0.25, -0.2) is 9.79 Å². The van der Waals surface area contributed by atoms with Crippen molar-refractivity contribution in [3.63, 3.8) is 0 Å². The highest BCUT2D eigenvalue weighted by Gasteiger charge is 2.51. The molecule has 2 aliphatic carbocycles. The zero-order chi connectivity index (χ0) is 29.7. The van der Waals surface area contributed by atoms with E-state index in [-0.39, 0.29) is 6.04 Å². The number of rotatable bonds is 9. The Labute approximate surface area is 261 Å². The predicted molar refractivity (Wildman–Crippen MR) is 170 cm³/mol. The maximum absolute atomic E-state index is 12.7. The number of nitrogens with zero attached hydrogens (tertiary/aromatic N) is 3. The molecule has 2 fully saturated rings. The molecule has 0 bridgehead atoms. The molecule has 2 aromatic rings.